The summed E-state index contributed by atoms with van der Waals surface area (Å²) in [5.74, 6) is 1.72. The van der Waals surface area contributed by atoms with Gasteiger partial charge in [0.05, 0.1) is 0 Å². The van der Waals surface area contributed by atoms with E-state index in [9.17, 15) is 0 Å². The number of hydrogen-bond donors (Lipinski definition) is 1. The van der Waals surface area contributed by atoms with E-state index in [0.717, 1.165) is 18.4 Å². The van der Waals surface area contributed by atoms with Gasteiger partial charge >= 0.3 is 0 Å². The Morgan fingerprint density at radius 3 is 2.94 bits per heavy atom. The molecule has 1 saturated carbocycles. The smallest absolute Gasteiger partial charge is 0.0327 e. The highest BCUT2D eigenvalue weighted by molar-refractivity contribution is 9.10. The standard InChI is InChI=1S/C13H20BrNS/c1-9-3-4-10(2)12(7-9)15-8-13-11(14)5-6-16-13/h5-6,9-10,12,15H,3-4,7-8H2,1-2H3. The molecule has 1 N–H and O–H groups in total. The van der Waals surface area contributed by atoms with Crippen LogP contribution < -0.4 is 5.32 Å². The predicted molar refractivity (Wildman–Crippen MR) is 74.8 cm³/mol. The van der Waals surface area contributed by atoms with Gasteiger partial charge in [0, 0.05) is 21.9 Å². The van der Waals surface area contributed by atoms with Crippen molar-refractivity contribution in [3.8, 4) is 0 Å². The van der Waals surface area contributed by atoms with Gasteiger partial charge < -0.3 is 5.32 Å². The lowest BCUT2D eigenvalue weighted by Crippen LogP contribution is -2.38. The second-order valence-electron chi connectivity index (χ2n) is 5.07. The summed E-state index contributed by atoms with van der Waals surface area (Å²) in [5.41, 5.74) is 0. The molecular weight excluding hydrogens is 282 g/mol. The average Bonchev–Trinajstić information content (AvgIpc) is 2.66. The van der Waals surface area contributed by atoms with Crippen LogP contribution in [-0.2, 0) is 6.54 Å². The molecule has 0 amide bonds. The number of hydrogen-bond acceptors (Lipinski definition) is 2. The number of thiophene rings is 1. The molecule has 0 saturated heterocycles. The third-order valence-corrected chi connectivity index (χ3v) is 5.60. The molecule has 1 aromatic rings. The topological polar surface area (TPSA) is 12.0 Å². The van der Waals surface area contributed by atoms with Crippen molar-refractivity contribution in [1.82, 2.24) is 5.32 Å². The summed E-state index contributed by atoms with van der Waals surface area (Å²) in [6, 6.07) is 2.84. The summed E-state index contributed by atoms with van der Waals surface area (Å²) in [6.45, 7) is 5.77. The second kappa shape index (κ2) is 5.65. The highest BCUT2D eigenvalue weighted by atomic mass is 79.9. The normalized spacial score (nSPS) is 30.6. The van der Waals surface area contributed by atoms with Crippen LogP contribution in [0.4, 0.5) is 0 Å². The van der Waals surface area contributed by atoms with Gasteiger partial charge in [-0.25, -0.2) is 0 Å². The SMILES string of the molecule is CC1CCC(C)C(NCc2sccc2Br)C1. The summed E-state index contributed by atoms with van der Waals surface area (Å²) < 4.78 is 1.25. The van der Waals surface area contributed by atoms with Crippen molar-refractivity contribution in [1.29, 1.82) is 0 Å². The fourth-order valence-corrected chi connectivity index (χ4v) is 3.94. The summed E-state index contributed by atoms with van der Waals surface area (Å²) in [4.78, 5) is 1.42. The molecule has 1 aliphatic carbocycles. The van der Waals surface area contributed by atoms with E-state index >= 15 is 0 Å². The van der Waals surface area contributed by atoms with Gasteiger partial charge in [-0.2, -0.15) is 0 Å². The Hall–Kier alpha value is 0.140. The van der Waals surface area contributed by atoms with E-state index in [2.05, 4.69) is 46.5 Å². The Labute approximate surface area is 111 Å². The molecule has 0 spiro atoms. The van der Waals surface area contributed by atoms with Crippen molar-refractivity contribution in [3.05, 3.63) is 20.8 Å². The highest BCUT2D eigenvalue weighted by Gasteiger charge is 2.24. The maximum atomic E-state index is 3.73. The number of nitrogens with one attached hydrogen (secondary N) is 1. The van der Waals surface area contributed by atoms with E-state index < -0.39 is 0 Å². The Kier molecular flexibility index (Phi) is 4.45. The van der Waals surface area contributed by atoms with E-state index in [1.165, 1.54) is 28.6 Å². The fourth-order valence-electron chi connectivity index (χ4n) is 2.49. The Morgan fingerprint density at radius 2 is 2.25 bits per heavy atom. The van der Waals surface area contributed by atoms with E-state index in [1.54, 1.807) is 0 Å². The van der Waals surface area contributed by atoms with Gasteiger partial charge in [0.15, 0.2) is 0 Å². The molecule has 1 aromatic heterocycles. The van der Waals surface area contributed by atoms with Crippen molar-refractivity contribution in [3.63, 3.8) is 0 Å². The van der Waals surface area contributed by atoms with E-state index in [0.29, 0.717) is 6.04 Å². The van der Waals surface area contributed by atoms with Crippen LogP contribution in [0.15, 0.2) is 15.9 Å². The highest BCUT2D eigenvalue weighted by Crippen LogP contribution is 2.29. The molecule has 0 bridgehead atoms. The molecule has 90 valence electrons. The van der Waals surface area contributed by atoms with Gasteiger partial charge in [0.2, 0.25) is 0 Å². The fraction of sp³-hybridized carbons (Fsp3) is 0.692. The lowest BCUT2D eigenvalue weighted by molar-refractivity contribution is 0.228. The molecule has 3 atom stereocenters. The lowest BCUT2D eigenvalue weighted by atomic mass is 9.80. The van der Waals surface area contributed by atoms with Gasteiger partial charge in [-0.1, -0.05) is 20.3 Å². The minimum absolute atomic E-state index is 0.706. The van der Waals surface area contributed by atoms with Crippen LogP contribution >= 0.6 is 27.3 Å². The van der Waals surface area contributed by atoms with Crippen LogP contribution in [0.1, 0.15) is 38.0 Å². The number of rotatable bonds is 3. The molecule has 1 aliphatic rings. The first-order valence-electron chi connectivity index (χ1n) is 6.12. The minimum Gasteiger partial charge on any atom is -0.309 e. The van der Waals surface area contributed by atoms with E-state index in [4.69, 9.17) is 0 Å². The maximum absolute atomic E-state index is 3.73. The summed E-state index contributed by atoms with van der Waals surface area (Å²) in [7, 11) is 0. The van der Waals surface area contributed by atoms with Crippen molar-refractivity contribution >= 4 is 27.3 Å². The molecular formula is C13H20BrNS. The van der Waals surface area contributed by atoms with Crippen LogP contribution in [0.2, 0.25) is 0 Å². The van der Waals surface area contributed by atoms with Gasteiger partial charge in [-0.3, -0.25) is 0 Å². The zero-order chi connectivity index (χ0) is 11.5. The predicted octanol–water partition coefficient (Wildman–Crippen LogP) is 4.42. The molecule has 1 fully saturated rings. The van der Waals surface area contributed by atoms with Crippen molar-refractivity contribution in [2.45, 2.75) is 45.7 Å². The quantitative estimate of drug-likeness (QED) is 0.871. The Bertz CT molecular complexity index is 336. The van der Waals surface area contributed by atoms with Gasteiger partial charge in [0.25, 0.3) is 0 Å². The average molecular weight is 302 g/mol. The Balaban J connectivity index is 1.87. The zero-order valence-corrected chi connectivity index (χ0v) is 12.4. The van der Waals surface area contributed by atoms with Crippen LogP contribution in [0.3, 0.4) is 0 Å². The summed E-state index contributed by atoms with van der Waals surface area (Å²) in [5, 5.41) is 5.87. The third-order valence-electron chi connectivity index (χ3n) is 3.67. The minimum atomic E-state index is 0.706. The van der Waals surface area contributed by atoms with Crippen molar-refractivity contribution in [2.75, 3.05) is 0 Å². The monoisotopic (exact) mass is 301 g/mol. The van der Waals surface area contributed by atoms with Crippen LogP contribution in [0, 0.1) is 11.8 Å². The zero-order valence-electron chi connectivity index (χ0n) is 10.0. The van der Waals surface area contributed by atoms with E-state index in [-0.39, 0.29) is 0 Å². The molecule has 1 nitrogen and oxygen atoms in total. The van der Waals surface area contributed by atoms with Gasteiger partial charge in [-0.15, -0.1) is 11.3 Å². The molecule has 0 aliphatic heterocycles. The summed E-state index contributed by atoms with van der Waals surface area (Å²) >= 11 is 5.42. The lowest BCUT2D eigenvalue weighted by Gasteiger charge is -2.33. The first-order valence-corrected chi connectivity index (χ1v) is 7.79. The molecule has 3 unspecified atom stereocenters. The molecule has 1 heterocycles. The maximum Gasteiger partial charge on any atom is 0.0327 e. The first kappa shape index (κ1) is 12.6. The molecule has 2 rings (SSSR count). The molecule has 0 aromatic carbocycles. The first-order chi connectivity index (χ1) is 7.66. The van der Waals surface area contributed by atoms with Gasteiger partial charge in [-0.05, 0) is 52.1 Å². The Morgan fingerprint density at radius 1 is 1.44 bits per heavy atom. The van der Waals surface area contributed by atoms with Crippen molar-refractivity contribution in [2.24, 2.45) is 11.8 Å². The molecule has 0 radical (unpaired) electrons. The second-order valence-corrected chi connectivity index (χ2v) is 6.93. The van der Waals surface area contributed by atoms with Crippen LogP contribution in [-0.4, -0.2) is 6.04 Å². The molecule has 3 heteroatoms. The number of halogens is 1. The summed E-state index contributed by atoms with van der Waals surface area (Å²) in [6.07, 6.45) is 4.12. The third kappa shape index (κ3) is 3.08. The van der Waals surface area contributed by atoms with Gasteiger partial charge in [0.1, 0.15) is 0 Å². The largest absolute Gasteiger partial charge is 0.309 e. The van der Waals surface area contributed by atoms with E-state index in [1.807, 2.05) is 11.3 Å². The molecule has 16 heavy (non-hydrogen) atoms. The van der Waals surface area contributed by atoms with Crippen LogP contribution in [0.5, 0.6) is 0 Å². The van der Waals surface area contributed by atoms with Crippen molar-refractivity contribution < 1.29 is 0 Å². The van der Waals surface area contributed by atoms with Crippen LogP contribution in [0.25, 0.3) is 0 Å².